The lowest BCUT2D eigenvalue weighted by molar-refractivity contribution is -0.0432. The summed E-state index contributed by atoms with van der Waals surface area (Å²) in [6.45, 7) is 4.79. The number of likely N-dealkylation sites (tertiary alicyclic amines) is 1. The molecule has 94 valence electrons. The summed E-state index contributed by atoms with van der Waals surface area (Å²) < 4.78 is 13.8. The number of aliphatic hydroxyl groups is 1. The van der Waals surface area contributed by atoms with Crippen molar-refractivity contribution in [2.45, 2.75) is 38.3 Å². The van der Waals surface area contributed by atoms with Crippen molar-refractivity contribution in [3.05, 3.63) is 35.1 Å². The molecule has 0 bridgehead atoms. The van der Waals surface area contributed by atoms with Crippen LogP contribution in [0.25, 0.3) is 0 Å². The van der Waals surface area contributed by atoms with Crippen LogP contribution in [-0.4, -0.2) is 29.6 Å². The zero-order valence-electron chi connectivity index (χ0n) is 10.7. The highest BCUT2D eigenvalue weighted by atomic mass is 19.1. The van der Waals surface area contributed by atoms with Gasteiger partial charge in [-0.25, -0.2) is 4.39 Å². The van der Waals surface area contributed by atoms with Gasteiger partial charge in [0.05, 0.1) is 5.60 Å². The van der Waals surface area contributed by atoms with Gasteiger partial charge in [0.25, 0.3) is 0 Å². The van der Waals surface area contributed by atoms with Crippen LogP contribution in [0.5, 0.6) is 0 Å². The van der Waals surface area contributed by atoms with Gasteiger partial charge < -0.3 is 10.0 Å². The number of hydrogen-bond acceptors (Lipinski definition) is 2. The third-order valence-corrected chi connectivity index (χ3v) is 3.89. The van der Waals surface area contributed by atoms with Crippen LogP contribution in [0.15, 0.2) is 18.2 Å². The standard InChI is InChI=1S/C14H20FNO/c1-10-4-5-13(15)12(8-10)14(17)6-7-16(3)11(2)9-14/h4-5,8,11,17H,6-7,9H2,1-3H3. The van der Waals surface area contributed by atoms with Crippen molar-refractivity contribution < 1.29 is 9.50 Å². The molecule has 0 radical (unpaired) electrons. The van der Waals surface area contributed by atoms with Gasteiger partial charge in [0, 0.05) is 18.2 Å². The van der Waals surface area contributed by atoms with Crippen molar-refractivity contribution in [2.75, 3.05) is 13.6 Å². The van der Waals surface area contributed by atoms with Gasteiger partial charge >= 0.3 is 0 Å². The third-order valence-electron chi connectivity index (χ3n) is 3.89. The fourth-order valence-electron chi connectivity index (χ4n) is 2.57. The molecular formula is C14H20FNO. The van der Waals surface area contributed by atoms with Crippen molar-refractivity contribution in [1.82, 2.24) is 4.90 Å². The molecule has 2 rings (SSSR count). The van der Waals surface area contributed by atoms with Crippen molar-refractivity contribution in [1.29, 1.82) is 0 Å². The number of aryl methyl sites for hydroxylation is 1. The predicted molar refractivity (Wildman–Crippen MR) is 66.4 cm³/mol. The Morgan fingerprint density at radius 1 is 1.47 bits per heavy atom. The summed E-state index contributed by atoms with van der Waals surface area (Å²) in [5, 5.41) is 10.7. The van der Waals surface area contributed by atoms with Crippen LogP contribution in [0, 0.1) is 12.7 Å². The van der Waals surface area contributed by atoms with Gasteiger partial charge in [0.1, 0.15) is 5.82 Å². The number of rotatable bonds is 1. The molecule has 0 spiro atoms. The largest absolute Gasteiger partial charge is 0.385 e. The van der Waals surface area contributed by atoms with Crippen LogP contribution in [0.4, 0.5) is 4.39 Å². The topological polar surface area (TPSA) is 23.5 Å². The second kappa shape index (κ2) is 4.39. The molecule has 1 heterocycles. The summed E-state index contributed by atoms with van der Waals surface area (Å²) in [5.41, 5.74) is 0.432. The lowest BCUT2D eigenvalue weighted by Crippen LogP contribution is -2.46. The lowest BCUT2D eigenvalue weighted by atomic mass is 9.81. The maximum absolute atomic E-state index is 13.8. The monoisotopic (exact) mass is 237 g/mol. The van der Waals surface area contributed by atoms with E-state index in [0.29, 0.717) is 18.4 Å². The first-order chi connectivity index (χ1) is 7.92. The quantitative estimate of drug-likeness (QED) is 0.811. The Labute approximate surface area is 102 Å². The molecule has 3 heteroatoms. The van der Waals surface area contributed by atoms with E-state index in [-0.39, 0.29) is 11.9 Å². The highest BCUT2D eigenvalue weighted by Gasteiger charge is 2.38. The minimum Gasteiger partial charge on any atom is -0.385 e. The lowest BCUT2D eigenvalue weighted by Gasteiger charge is -2.41. The van der Waals surface area contributed by atoms with E-state index in [1.165, 1.54) is 6.07 Å². The van der Waals surface area contributed by atoms with Gasteiger partial charge in [-0.1, -0.05) is 17.7 Å². The molecule has 0 saturated carbocycles. The maximum Gasteiger partial charge on any atom is 0.129 e. The molecule has 1 aliphatic heterocycles. The van der Waals surface area contributed by atoms with Gasteiger partial charge in [-0.05, 0) is 39.8 Å². The van der Waals surface area contributed by atoms with E-state index in [9.17, 15) is 9.50 Å². The molecule has 2 unspecified atom stereocenters. The van der Waals surface area contributed by atoms with Crippen molar-refractivity contribution in [3.63, 3.8) is 0 Å². The van der Waals surface area contributed by atoms with E-state index in [1.807, 2.05) is 14.0 Å². The summed E-state index contributed by atoms with van der Waals surface area (Å²) in [5.74, 6) is -0.296. The molecule has 0 aromatic heterocycles. The van der Waals surface area contributed by atoms with E-state index >= 15 is 0 Å². The zero-order chi connectivity index (χ0) is 12.6. The van der Waals surface area contributed by atoms with Gasteiger partial charge in [-0.2, -0.15) is 0 Å². The molecule has 1 aliphatic rings. The third kappa shape index (κ3) is 2.35. The minimum absolute atomic E-state index is 0.272. The van der Waals surface area contributed by atoms with Crippen LogP contribution in [0.2, 0.25) is 0 Å². The molecule has 1 fully saturated rings. The summed E-state index contributed by atoms with van der Waals surface area (Å²) in [4.78, 5) is 2.20. The Bertz CT molecular complexity index is 421. The molecule has 0 aliphatic carbocycles. The summed E-state index contributed by atoms with van der Waals surface area (Å²) >= 11 is 0. The first-order valence-corrected chi connectivity index (χ1v) is 6.11. The van der Waals surface area contributed by atoms with Crippen molar-refractivity contribution >= 4 is 0 Å². The molecular weight excluding hydrogens is 217 g/mol. The second-order valence-corrected chi connectivity index (χ2v) is 5.30. The van der Waals surface area contributed by atoms with E-state index in [4.69, 9.17) is 0 Å². The first kappa shape index (κ1) is 12.5. The number of nitrogens with zero attached hydrogens (tertiary/aromatic N) is 1. The van der Waals surface area contributed by atoms with E-state index in [2.05, 4.69) is 11.8 Å². The molecule has 1 aromatic rings. The minimum atomic E-state index is -1.01. The fourth-order valence-corrected chi connectivity index (χ4v) is 2.57. The van der Waals surface area contributed by atoms with Crippen LogP contribution in [0.1, 0.15) is 30.9 Å². The number of piperidine rings is 1. The zero-order valence-corrected chi connectivity index (χ0v) is 10.7. The molecule has 1 N–H and O–H groups in total. The van der Waals surface area contributed by atoms with E-state index < -0.39 is 5.60 Å². The SMILES string of the molecule is Cc1ccc(F)c(C2(O)CCN(C)C(C)C2)c1. The highest BCUT2D eigenvalue weighted by Crippen LogP contribution is 2.36. The Morgan fingerprint density at radius 3 is 2.82 bits per heavy atom. The van der Waals surface area contributed by atoms with E-state index in [1.54, 1.807) is 12.1 Å². The van der Waals surface area contributed by atoms with Gasteiger partial charge in [0.2, 0.25) is 0 Å². The first-order valence-electron chi connectivity index (χ1n) is 6.11. The Hall–Kier alpha value is -0.930. The fraction of sp³-hybridized carbons (Fsp3) is 0.571. The van der Waals surface area contributed by atoms with E-state index in [0.717, 1.165) is 12.1 Å². The van der Waals surface area contributed by atoms with Gasteiger partial charge in [-0.15, -0.1) is 0 Å². The maximum atomic E-state index is 13.8. The second-order valence-electron chi connectivity index (χ2n) is 5.30. The molecule has 2 atom stereocenters. The normalized spacial score (nSPS) is 30.5. The summed E-state index contributed by atoms with van der Waals surface area (Å²) in [7, 11) is 2.04. The molecule has 17 heavy (non-hydrogen) atoms. The number of hydrogen-bond donors (Lipinski definition) is 1. The number of benzene rings is 1. The van der Waals surface area contributed by atoms with Crippen molar-refractivity contribution in [3.8, 4) is 0 Å². The van der Waals surface area contributed by atoms with Crippen LogP contribution in [0.3, 0.4) is 0 Å². The smallest absolute Gasteiger partial charge is 0.129 e. The molecule has 0 amide bonds. The Morgan fingerprint density at radius 2 is 2.18 bits per heavy atom. The van der Waals surface area contributed by atoms with Gasteiger partial charge in [-0.3, -0.25) is 0 Å². The Kier molecular flexibility index (Phi) is 3.23. The molecule has 1 aromatic carbocycles. The summed E-state index contributed by atoms with van der Waals surface area (Å²) in [6, 6.07) is 5.23. The van der Waals surface area contributed by atoms with Gasteiger partial charge in [0.15, 0.2) is 0 Å². The van der Waals surface area contributed by atoms with Crippen molar-refractivity contribution in [2.24, 2.45) is 0 Å². The Balaban J connectivity index is 2.35. The highest BCUT2D eigenvalue weighted by molar-refractivity contribution is 5.30. The molecule has 1 saturated heterocycles. The van der Waals surface area contributed by atoms with Crippen LogP contribution < -0.4 is 0 Å². The average Bonchev–Trinajstić information content (AvgIpc) is 2.27. The number of halogens is 1. The summed E-state index contributed by atoms with van der Waals surface area (Å²) in [6.07, 6.45) is 1.18. The van der Waals surface area contributed by atoms with Crippen LogP contribution >= 0.6 is 0 Å². The van der Waals surface area contributed by atoms with Crippen LogP contribution in [-0.2, 0) is 5.60 Å². The average molecular weight is 237 g/mol. The predicted octanol–water partition coefficient (Wildman–Crippen LogP) is 2.44. The molecule has 2 nitrogen and oxygen atoms in total.